The van der Waals surface area contributed by atoms with Crippen molar-refractivity contribution in [3.8, 4) is 0 Å². The van der Waals surface area contributed by atoms with E-state index in [1.54, 1.807) is 37.3 Å². The van der Waals surface area contributed by atoms with Crippen LogP contribution in [0.4, 0.5) is 0 Å². The van der Waals surface area contributed by atoms with Crippen molar-refractivity contribution < 1.29 is 29.0 Å². The van der Waals surface area contributed by atoms with Crippen LogP contribution in [0.1, 0.15) is 38.0 Å². The molecule has 0 spiro atoms. The highest BCUT2D eigenvalue weighted by atomic mass is 32.2. The lowest BCUT2D eigenvalue weighted by atomic mass is 10.1. The average Bonchev–Trinajstić information content (AvgIpc) is 2.61. The number of hydrogen-bond donors (Lipinski definition) is 1. The molecule has 0 aliphatic rings. The smallest absolute Gasteiger partial charge is 0.339 e. The van der Waals surface area contributed by atoms with Crippen molar-refractivity contribution in [1.29, 1.82) is 0 Å². The van der Waals surface area contributed by atoms with Crippen molar-refractivity contribution in [2.24, 2.45) is 0 Å². The van der Waals surface area contributed by atoms with Crippen molar-refractivity contribution >= 4 is 29.7 Å². The topological polar surface area (TPSA) is 89.9 Å². The fourth-order valence-electron chi connectivity index (χ4n) is 2.06. The fourth-order valence-corrected chi connectivity index (χ4v) is 2.92. The zero-order valence-electron chi connectivity index (χ0n) is 13.6. The molecule has 0 amide bonds. The van der Waals surface area contributed by atoms with Crippen molar-refractivity contribution in [2.45, 2.75) is 16.7 Å². The quantitative estimate of drug-likeness (QED) is 0.789. The van der Waals surface area contributed by atoms with Gasteiger partial charge < -0.3 is 14.6 Å². The first-order valence-electron chi connectivity index (χ1n) is 7.37. The SMILES string of the molecule is CCOC(=O)c1cc(Sc2ccc(C(=O)OC)cc2)ccc1C(=O)O. The predicted octanol–water partition coefficient (Wildman–Crippen LogP) is 3.50. The van der Waals surface area contributed by atoms with Crippen LogP contribution in [-0.2, 0) is 9.47 Å². The Morgan fingerprint density at radius 1 is 0.960 bits per heavy atom. The molecule has 0 saturated carbocycles. The largest absolute Gasteiger partial charge is 0.478 e. The molecule has 130 valence electrons. The lowest BCUT2D eigenvalue weighted by molar-refractivity contribution is 0.0513. The molecule has 0 saturated heterocycles. The number of methoxy groups -OCH3 is 1. The first kappa shape index (κ1) is 18.5. The van der Waals surface area contributed by atoms with Crippen LogP contribution in [-0.4, -0.2) is 36.7 Å². The molecular weight excluding hydrogens is 344 g/mol. The minimum Gasteiger partial charge on any atom is -0.478 e. The zero-order valence-corrected chi connectivity index (χ0v) is 14.5. The normalized spacial score (nSPS) is 10.2. The maximum absolute atomic E-state index is 12.0. The molecule has 25 heavy (non-hydrogen) atoms. The predicted molar refractivity (Wildman–Crippen MR) is 91.3 cm³/mol. The summed E-state index contributed by atoms with van der Waals surface area (Å²) in [6.45, 7) is 1.81. The maximum atomic E-state index is 12.0. The maximum Gasteiger partial charge on any atom is 0.339 e. The van der Waals surface area contributed by atoms with E-state index in [0.717, 1.165) is 4.90 Å². The highest BCUT2D eigenvalue weighted by Gasteiger charge is 2.18. The Hall–Kier alpha value is -2.80. The number of rotatable bonds is 6. The van der Waals surface area contributed by atoms with E-state index in [9.17, 15) is 19.5 Å². The van der Waals surface area contributed by atoms with E-state index in [-0.39, 0.29) is 17.7 Å². The van der Waals surface area contributed by atoms with Gasteiger partial charge >= 0.3 is 17.9 Å². The Kier molecular flexibility index (Phi) is 6.19. The molecule has 0 atom stereocenters. The Labute approximate surface area is 148 Å². The van der Waals surface area contributed by atoms with Crippen LogP contribution in [0, 0.1) is 0 Å². The highest BCUT2D eigenvalue weighted by Crippen LogP contribution is 2.30. The number of aromatic carboxylic acids is 1. The minimum absolute atomic E-state index is 0.00512. The molecule has 0 fully saturated rings. The molecule has 2 aromatic carbocycles. The number of carboxylic acids is 1. The summed E-state index contributed by atoms with van der Waals surface area (Å²) in [4.78, 5) is 36.2. The van der Waals surface area contributed by atoms with Crippen LogP contribution in [0.25, 0.3) is 0 Å². The van der Waals surface area contributed by atoms with E-state index in [0.29, 0.717) is 10.5 Å². The summed E-state index contributed by atoms with van der Waals surface area (Å²) < 4.78 is 9.56. The minimum atomic E-state index is -1.19. The summed E-state index contributed by atoms with van der Waals surface area (Å²) in [6, 6.07) is 11.2. The van der Waals surface area contributed by atoms with Crippen LogP contribution in [0.3, 0.4) is 0 Å². The van der Waals surface area contributed by atoms with Gasteiger partial charge in [-0.25, -0.2) is 14.4 Å². The second-order valence-electron chi connectivity index (χ2n) is 4.85. The molecular formula is C18H16O6S. The molecule has 7 heteroatoms. The van der Waals surface area contributed by atoms with E-state index in [2.05, 4.69) is 4.74 Å². The number of ether oxygens (including phenoxy) is 2. The van der Waals surface area contributed by atoms with Gasteiger partial charge in [0.25, 0.3) is 0 Å². The van der Waals surface area contributed by atoms with E-state index in [1.165, 1.54) is 31.0 Å². The molecule has 1 N–H and O–H groups in total. The van der Waals surface area contributed by atoms with Crippen LogP contribution >= 0.6 is 11.8 Å². The van der Waals surface area contributed by atoms with Gasteiger partial charge in [-0.15, -0.1) is 0 Å². The number of benzene rings is 2. The van der Waals surface area contributed by atoms with E-state index in [4.69, 9.17) is 4.74 Å². The molecule has 2 aromatic rings. The third-order valence-corrected chi connectivity index (χ3v) is 4.23. The second kappa shape index (κ2) is 8.34. The molecule has 0 aliphatic heterocycles. The van der Waals surface area contributed by atoms with Gasteiger partial charge in [-0.05, 0) is 49.4 Å². The lowest BCUT2D eigenvalue weighted by Gasteiger charge is -2.09. The molecule has 0 unspecified atom stereocenters. The van der Waals surface area contributed by atoms with Gasteiger partial charge in [-0.3, -0.25) is 0 Å². The number of esters is 2. The zero-order chi connectivity index (χ0) is 18.4. The molecule has 0 radical (unpaired) electrons. The first-order valence-corrected chi connectivity index (χ1v) is 8.18. The van der Waals surface area contributed by atoms with Crippen molar-refractivity contribution in [3.05, 3.63) is 59.2 Å². The molecule has 0 aromatic heterocycles. The Bertz CT molecular complexity index is 798. The Balaban J connectivity index is 2.27. The van der Waals surface area contributed by atoms with Gasteiger partial charge in [0, 0.05) is 9.79 Å². The summed E-state index contributed by atoms with van der Waals surface area (Å²) in [7, 11) is 1.31. The average molecular weight is 360 g/mol. The van der Waals surface area contributed by atoms with Gasteiger partial charge in [0.15, 0.2) is 0 Å². The van der Waals surface area contributed by atoms with Crippen LogP contribution in [0.15, 0.2) is 52.3 Å². The summed E-state index contributed by atoms with van der Waals surface area (Å²) in [5, 5.41) is 9.21. The van der Waals surface area contributed by atoms with Gasteiger partial charge in [0.2, 0.25) is 0 Å². The van der Waals surface area contributed by atoms with Gasteiger partial charge in [0.1, 0.15) is 0 Å². The van der Waals surface area contributed by atoms with Gasteiger partial charge in [-0.1, -0.05) is 11.8 Å². The first-order chi connectivity index (χ1) is 12.0. The van der Waals surface area contributed by atoms with E-state index < -0.39 is 17.9 Å². The summed E-state index contributed by atoms with van der Waals surface area (Å²) >= 11 is 1.33. The van der Waals surface area contributed by atoms with Crippen LogP contribution in [0.2, 0.25) is 0 Å². The Morgan fingerprint density at radius 3 is 2.16 bits per heavy atom. The van der Waals surface area contributed by atoms with Crippen molar-refractivity contribution in [3.63, 3.8) is 0 Å². The molecule has 2 rings (SSSR count). The highest BCUT2D eigenvalue weighted by molar-refractivity contribution is 7.99. The number of carboxylic acid groups (broad SMARTS) is 1. The standard InChI is InChI=1S/C18H16O6S/c1-3-24-18(22)15-10-13(8-9-14(15)16(19)20)25-12-6-4-11(5-7-12)17(21)23-2/h4-10H,3H2,1-2H3,(H,19,20). The van der Waals surface area contributed by atoms with Crippen LogP contribution < -0.4 is 0 Å². The molecule has 0 aliphatic carbocycles. The monoisotopic (exact) mass is 360 g/mol. The number of carbonyl (C=O) groups excluding carboxylic acids is 2. The number of carbonyl (C=O) groups is 3. The summed E-state index contributed by atoms with van der Waals surface area (Å²) in [5.41, 5.74) is 0.328. The van der Waals surface area contributed by atoms with E-state index >= 15 is 0 Å². The number of hydrogen-bond acceptors (Lipinski definition) is 6. The third-order valence-electron chi connectivity index (χ3n) is 3.23. The van der Waals surface area contributed by atoms with Crippen LogP contribution in [0.5, 0.6) is 0 Å². The fraction of sp³-hybridized carbons (Fsp3) is 0.167. The van der Waals surface area contributed by atoms with Crippen molar-refractivity contribution in [2.75, 3.05) is 13.7 Å². The summed E-state index contributed by atoms with van der Waals surface area (Å²) in [6.07, 6.45) is 0. The molecule has 0 bridgehead atoms. The Morgan fingerprint density at radius 2 is 1.60 bits per heavy atom. The van der Waals surface area contributed by atoms with Gasteiger partial charge in [0.05, 0.1) is 30.4 Å². The summed E-state index contributed by atoms with van der Waals surface area (Å²) in [5.74, 6) is -2.29. The molecule has 6 nitrogen and oxygen atoms in total. The van der Waals surface area contributed by atoms with Crippen molar-refractivity contribution in [1.82, 2.24) is 0 Å². The lowest BCUT2D eigenvalue weighted by Crippen LogP contribution is -2.11. The third kappa shape index (κ3) is 4.60. The van der Waals surface area contributed by atoms with E-state index in [1.807, 2.05) is 0 Å². The molecule has 0 heterocycles. The van der Waals surface area contributed by atoms with Gasteiger partial charge in [-0.2, -0.15) is 0 Å². The second-order valence-corrected chi connectivity index (χ2v) is 6.00.